The molecule has 0 spiro atoms. The number of carboxylic acids is 1. The first-order chi connectivity index (χ1) is 11.5. The molecule has 132 valence electrons. The molecule has 0 bridgehead atoms. The minimum atomic E-state index is -0.871. The summed E-state index contributed by atoms with van der Waals surface area (Å²) < 4.78 is 0. The Bertz CT molecular complexity index is 549. The predicted molar refractivity (Wildman–Crippen MR) is 90.7 cm³/mol. The minimum absolute atomic E-state index is 0.00988. The Kier molecular flexibility index (Phi) is 6.61. The summed E-state index contributed by atoms with van der Waals surface area (Å²) in [6.45, 7) is 2.45. The number of hydrogen-bond donors (Lipinski definition) is 3. The van der Waals surface area contributed by atoms with Gasteiger partial charge in [0.1, 0.15) is 0 Å². The van der Waals surface area contributed by atoms with Crippen LogP contribution in [-0.4, -0.2) is 51.8 Å². The van der Waals surface area contributed by atoms with Crippen molar-refractivity contribution in [3.63, 3.8) is 0 Å². The van der Waals surface area contributed by atoms with E-state index in [0.717, 1.165) is 12.0 Å². The van der Waals surface area contributed by atoms with Gasteiger partial charge in [-0.05, 0) is 38.2 Å². The zero-order valence-corrected chi connectivity index (χ0v) is 14.0. The number of nitrogens with one attached hydrogen (secondary N) is 1. The summed E-state index contributed by atoms with van der Waals surface area (Å²) in [5.74, 6) is -0.871. The Hall–Kier alpha value is -2.08. The van der Waals surface area contributed by atoms with Crippen molar-refractivity contribution in [2.24, 2.45) is 0 Å². The Labute approximate surface area is 142 Å². The van der Waals surface area contributed by atoms with Gasteiger partial charge in [0.2, 0.25) is 0 Å². The fraction of sp³-hybridized carbons (Fsp3) is 0.556. The van der Waals surface area contributed by atoms with Crippen LogP contribution in [0.1, 0.15) is 38.2 Å². The first kappa shape index (κ1) is 18.3. The van der Waals surface area contributed by atoms with Crippen LogP contribution in [0.15, 0.2) is 30.3 Å². The molecule has 24 heavy (non-hydrogen) atoms. The quantitative estimate of drug-likeness (QED) is 0.742. The molecule has 3 atom stereocenters. The normalized spacial score (nSPS) is 22.0. The molecular weight excluding hydrogens is 308 g/mol. The number of likely N-dealkylation sites (tertiary alicyclic amines) is 1. The first-order valence-corrected chi connectivity index (χ1v) is 8.48. The molecule has 1 fully saturated rings. The third kappa shape index (κ3) is 5.23. The van der Waals surface area contributed by atoms with Gasteiger partial charge >= 0.3 is 12.0 Å². The number of rotatable bonds is 6. The molecule has 6 heteroatoms. The summed E-state index contributed by atoms with van der Waals surface area (Å²) in [6.07, 6.45) is 1.95. The standard InChI is InChI=1S/C18H26N2O4/c1-13-16(21)8-5-11-20(13)18(24)19-15(9-10-17(22)23)12-14-6-3-2-4-7-14/h2-4,6-7,13,15-16,21H,5,8-12H2,1H3,(H,19,24)(H,22,23). The van der Waals surface area contributed by atoms with E-state index in [-0.39, 0.29) is 24.5 Å². The van der Waals surface area contributed by atoms with Gasteiger partial charge in [-0.1, -0.05) is 30.3 Å². The van der Waals surface area contributed by atoms with Gasteiger partial charge in [-0.15, -0.1) is 0 Å². The maximum absolute atomic E-state index is 12.6. The molecule has 0 aromatic heterocycles. The topological polar surface area (TPSA) is 89.9 Å². The van der Waals surface area contributed by atoms with E-state index in [2.05, 4.69) is 5.32 Å². The number of hydrogen-bond acceptors (Lipinski definition) is 3. The monoisotopic (exact) mass is 334 g/mol. The number of benzene rings is 1. The summed E-state index contributed by atoms with van der Waals surface area (Å²) in [5, 5.41) is 21.8. The van der Waals surface area contributed by atoms with Crippen molar-refractivity contribution in [3.05, 3.63) is 35.9 Å². The number of piperidine rings is 1. The molecule has 1 heterocycles. The molecule has 1 aliphatic rings. The van der Waals surface area contributed by atoms with Crippen LogP contribution in [0.5, 0.6) is 0 Å². The lowest BCUT2D eigenvalue weighted by molar-refractivity contribution is -0.137. The van der Waals surface area contributed by atoms with E-state index >= 15 is 0 Å². The molecule has 0 radical (unpaired) electrons. The number of urea groups is 1. The number of aliphatic hydroxyl groups is 1. The van der Waals surface area contributed by atoms with E-state index in [9.17, 15) is 14.7 Å². The van der Waals surface area contributed by atoms with E-state index < -0.39 is 12.1 Å². The van der Waals surface area contributed by atoms with E-state index in [1.54, 1.807) is 4.90 Å². The summed E-state index contributed by atoms with van der Waals surface area (Å²) >= 11 is 0. The number of amides is 2. The summed E-state index contributed by atoms with van der Waals surface area (Å²) in [5.41, 5.74) is 1.06. The van der Waals surface area contributed by atoms with Crippen LogP contribution in [-0.2, 0) is 11.2 Å². The van der Waals surface area contributed by atoms with Crippen LogP contribution >= 0.6 is 0 Å². The van der Waals surface area contributed by atoms with Gasteiger partial charge in [-0.25, -0.2) is 4.79 Å². The fourth-order valence-corrected chi connectivity index (χ4v) is 3.09. The van der Waals surface area contributed by atoms with Gasteiger partial charge in [-0.2, -0.15) is 0 Å². The second-order valence-corrected chi connectivity index (χ2v) is 6.41. The smallest absolute Gasteiger partial charge is 0.317 e. The van der Waals surface area contributed by atoms with Gasteiger partial charge < -0.3 is 20.4 Å². The third-order valence-electron chi connectivity index (χ3n) is 4.57. The Morgan fingerprint density at radius 1 is 1.33 bits per heavy atom. The van der Waals surface area contributed by atoms with Crippen LogP contribution in [0, 0.1) is 0 Å². The largest absolute Gasteiger partial charge is 0.481 e. The van der Waals surface area contributed by atoms with Crippen LogP contribution in [0.2, 0.25) is 0 Å². The number of aliphatic hydroxyl groups excluding tert-OH is 1. The molecule has 2 amide bonds. The fourth-order valence-electron chi connectivity index (χ4n) is 3.09. The number of carbonyl (C=O) groups is 2. The second kappa shape index (κ2) is 8.68. The SMILES string of the molecule is CC1C(O)CCCN1C(=O)NC(CCC(=O)O)Cc1ccccc1. The molecule has 1 aromatic rings. The molecule has 3 unspecified atom stereocenters. The Morgan fingerprint density at radius 3 is 2.71 bits per heavy atom. The van der Waals surface area contributed by atoms with Crippen molar-refractivity contribution < 1.29 is 19.8 Å². The highest BCUT2D eigenvalue weighted by molar-refractivity contribution is 5.75. The highest BCUT2D eigenvalue weighted by Gasteiger charge is 2.30. The first-order valence-electron chi connectivity index (χ1n) is 8.48. The van der Waals surface area contributed by atoms with Crippen LogP contribution in [0.3, 0.4) is 0 Å². The van der Waals surface area contributed by atoms with Crippen molar-refractivity contribution in [2.45, 2.75) is 57.2 Å². The molecule has 1 aliphatic heterocycles. The summed E-state index contributed by atoms with van der Waals surface area (Å²) in [7, 11) is 0. The van der Waals surface area contributed by atoms with Crippen molar-refractivity contribution in [1.29, 1.82) is 0 Å². The Morgan fingerprint density at radius 2 is 2.04 bits per heavy atom. The molecule has 2 rings (SSSR count). The van der Waals surface area contributed by atoms with Gasteiger partial charge in [0.25, 0.3) is 0 Å². The summed E-state index contributed by atoms with van der Waals surface area (Å²) in [4.78, 5) is 25.1. The number of nitrogens with zero attached hydrogens (tertiary/aromatic N) is 1. The molecule has 0 saturated carbocycles. The van der Waals surface area contributed by atoms with Crippen molar-refractivity contribution in [2.75, 3.05) is 6.54 Å². The minimum Gasteiger partial charge on any atom is -0.481 e. The summed E-state index contributed by atoms with van der Waals surface area (Å²) in [6, 6.07) is 9.00. The van der Waals surface area contributed by atoms with Crippen molar-refractivity contribution in [1.82, 2.24) is 10.2 Å². The Balaban J connectivity index is 2.00. The average molecular weight is 334 g/mol. The van der Waals surface area contributed by atoms with Crippen molar-refractivity contribution in [3.8, 4) is 0 Å². The van der Waals surface area contributed by atoms with Gasteiger partial charge in [0.05, 0.1) is 12.1 Å². The van der Waals surface area contributed by atoms with Gasteiger partial charge in [-0.3, -0.25) is 4.79 Å². The highest BCUT2D eigenvalue weighted by Crippen LogP contribution is 2.18. The van der Waals surface area contributed by atoms with Gasteiger partial charge in [0, 0.05) is 19.0 Å². The molecule has 1 saturated heterocycles. The van der Waals surface area contributed by atoms with Crippen molar-refractivity contribution >= 4 is 12.0 Å². The molecule has 3 N–H and O–H groups in total. The van der Waals surface area contributed by atoms with Crippen LogP contribution in [0.4, 0.5) is 4.79 Å². The molecule has 0 aliphatic carbocycles. The number of carbonyl (C=O) groups excluding carboxylic acids is 1. The number of aliphatic carboxylic acids is 1. The van der Waals surface area contributed by atoms with Gasteiger partial charge in [0.15, 0.2) is 0 Å². The average Bonchev–Trinajstić information content (AvgIpc) is 2.56. The van der Waals surface area contributed by atoms with E-state index in [4.69, 9.17) is 5.11 Å². The van der Waals surface area contributed by atoms with Crippen LogP contribution in [0.25, 0.3) is 0 Å². The molecule has 1 aromatic carbocycles. The predicted octanol–water partition coefficient (Wildman–Crippen LogP) is 2.02. The lowest BCUT2D eigenvalue weighted by Crippen LogP contribution is -2.54. The maximum Gasteiger partial charge on any atom is 0.317 e. The van der Waals surface area contributed by atoms with E-state index in [1.807, 2.05) is 37.3 Å². The van der Waals surface area contributed by atoms with E-state index in [1.165, 1.54) is 0 Å². The second-order valence-electron chi connectivity index (χ2n) is 6.41. The highest BCUT2D eigenvalue weighted by atomic mass is 16.4. The maximum atomic E-state index is 12.6. The lowest BCUT2D eigenvalue weighted by Gasteiger charge is -2.37. The number of carboxylic acid groups (broad SMARTS) is 1. The lowest BCUT2D eigenvalue weighted by atomic mass is 10.00. The third-order valence-corrected chi connectivity index (χ3v) is 4.57. The van der Waals surface area contributed by atoms with E-state index in [0.29, 0.717) is 25.8 Å². The zero-order chi connectivity index (χ0) is 17.5. The zero-order valence-electron chi connectivity index (χ0n) is 14.0. The molecule has 6 nitrogen and oxygen atoms in total. The molecular formula is C18H26N2O4. The van der Waals surface area contributed by atoms with Crippen LogP contribution < -0.4 is 5.32 Å².